The number of nitrogens with zero attached hydrogens (tertiary/aromatic N) is 1. The van der Waals surface area contributed by atoms with Crippen molar-refractivity contribution in [3.8, 4) is 0 Å². The number of hydrogen-bond acceptors (Lipinski definition) is 3. The number of benzene rings is 1. The van der Waals surface area contributed by atoms with Crippen LogP contribution in [0.25, 0.3) is 0 Å². The molecule has 0 unspecified atom stereocenters. The highest BCUT2D eigenvalue weighted by atomic mass is 16.5. The number of ether oxygens (including phenoxy) is 1. The van der Waals surface area contributed by atoms with Crippen molar-refractivity contribution >= 4 is 5.69 Å². The molecule has 0 spiro atoms. The maximum Gasteiger partial charge on any atom is 0.0801 e. The lowest BCUT2D eigenvalue weighted by molar-refractivity contribution is -0.0277. The molecule has 1 aromatic rings. The Morgan fingerprint density at radius 1 is 1.32 bits per heavy atom. The van der Waals surface area contributed by atoms with E-state index in [9.17, 15) is 0 Å². The van der Waals surface area contributed by atoms with Crippen molar-refractivity contribution in [3.63, 3.8) is 0 Å². The van der Waals surface area contributed by atoms with Gasteiger partial charge >= 0.3 is 0 Å². The molecule has 0 bridgehead atoms. The summed E-state index contributed by atoms with van der Waals surface area (Å²) in [4.78, 5) is 2.45. The zero-order valence-electron chi connectivity index (χ0n) is 12.4. The molecule has 3 nitrogen and oxygen atoms in total. The molecule has 0 amide bonds. The first-order valence-electron chi connectivity index (χ1n) is 7.30. The van der Waals surface area contributed by atoms with Gasteiger partial charge in [0.15, 0.2) is 0 Å². The van der Waals surface area contributed by atoms with Gasteiger partial charge in [-0.3, -0.25) is 0 Å². The van der Waals surface area contributed by atoms with Crippen LogP contribution in [0.1, 0.15) is 32.8 Å². The fourth-order valence-electron chi connectivity index (χ4n) is 2.59. The van der Waals surface area contributed by atoms with Gasteiger partial charge in [0.25, 0.3) is 0 Å². The molecule has 0 atom stereocenters. The molecular formula is C16H26N2O. The standard InChI is InChI=1S/C16H26N2O/c1-4-9-17-12-14-7-5-6-8-15(14)18-10-11-19-16(2,3)13-18/h5-8,17H,4,9-13H2,1-3H3. The van der Waals surface area contributed by atoms with Crippen molar-refractivity contribution in [1.29, 1.82) is 0 Å². The molecule has 3 heteroatoms. The lowest BCUT2D eigenvalue weighted by Gasteiger charge is -2.40. The molecule has 19 heavy (non-hydrogen) atoms. The van der Waals surface area contributed by atoms with Crippen molar-refractivity contribution in [2.24, 2.45) is 0 Å². The fraction of sp³-hybridized carbons (Fsp3) is 0.625. The van der Waals surface area contributed by atoms with Gasteiger partial charge in [-0.2, -0.15) is 0 Å². The van der Waals surface area contributed by atoms with E-state index in [1.54, 1.807) is 0 Å². The summed E-state index contributed by atoms with van der Waals surface area (Å²) in [6.07, 6.45) is 1.17. The molecular weight excluding hydrogens is 236 g/mol. The van der Waals surface area contributed by atoms with Crippen molar-refractivity contribution < 1.29 is 4.74 Å². The second kappa shape index (κ2) is 6.40. The summed E-state index contributed by atoms with van der Waals surface area (Å²) in [6.45, 7) is 11.3. The lowest BCUT2D eigenvalue weighted by Crippen LogP contribution is -2.48. The van der Waals surface area contributed by atoms with Crippen molar-refractivity contribution in [2.45, 2.75) is 39.3 Å². The maximum absolute atomic E-state index is 5.80. The van der Waals surface area contributed by atoms with Crippen molar-refractivity contribution in [2.75, 3.05) is 31.1 Å². The summed E-state index contributed by atoms with van der Waals surface area (Å²) in [6, 6.07) is 8.70. The van der Waals surface area contributed by atoms with Crippen LogP contribution in [0.4, 0.5) is 5.69 Å². The molecule has 0 saturated carbocycles. The van der Waals surface area contributed by atoms with E-state index in [1.165, 1.54) is 17.7 Å². The second-order valence-corrected chi connectivity index (χ2v) is 5.84. The summed E-state index contributed by atoms with van der Waals surface area (Å²) in [5.74, 6) is 0. The molecule has 0 aliphatic carbocycles. The molecule has 1 aliphatic heterocycles. The Labute approximate surface area is 116 Å². The Morgan fingerprint density at radius 3 is 2.84 bits per heavy atom. The Bertz CT molecular complexity index is 403. The van der Waals surface area contributed by atoms with E-state index < -0.39 is 0 Å². The summed E-state index contributed by atoms with van der Waals surface area (Å²) in [5, 5.41) is 3.49. The molecule has 1 N–H and O–H groups in total. The van der Waals surface area contributed by atoms with Crippen LogP contribution in [-0.2, 0) is 11.3 Å². The largest absolute Gasteiger partial charge is 0.372 e. The smallest absolute Gasteiger partial charge is 0.0801 e. The molecule has 1 fully saturated rings. The van der Waals surface area contributed by atoms with E-state index in [2.05, 4.69) is 55.3 Å². The highest BCUT2D eigenvalue weighted by Gasteiger charge is 2.28. The van der Waals surface area contributed by atoms with Gasteiger partial charge in [0.2, 0.25) is 0 Å². The minimum atomic E-state index is -0.0534. The summed E-state index contributed by atoms with van der Waals surface area (Å²) < 4.78 is 5.80. The highest BCUT2D eigenvalue weighted by Crippen LogP contribution is 2.26. The van der Waals surface area contributed by atoms with Crippen LogP contribution in [0.15, 0.2) is 24.3 Å². The van der Waals surface area contributed by atoms with Crippen LogP contribution in [-0.4, -0.2) is 31.8 Å². The van der Waals surface area contributed by atoms with Gasteiger partial charge in [0.05, 0.1) is 12.2 Å². The first-order chi connectivity index (χ1) is 9.12. The molecule has 1 heterocycles. The van der Waals surface area contributed by atoms with Crippen LogP contribution in [0.5, 0.6) is 0 Å². The van der Waals surface area contributed by atoms with Crippen LogP contribution in [0.3, 0.4) is 0 Å². The van der Waals surface area contributed by atoms with E-state index in [4.69, 9.17) is 4.74 Å². The lowest BCUT2D eigenvalue weighted by atomic mass is 10.0. The Morgan fingerprint density at radius 2 is 2.11 bits per heavy atom. The van der Waals surface area contributed by atoms with E-state index in [0.717, 1.165) is 32.8 Å². The maximum atomic E-state index is 5.80. The molecule has 1 aromatic carbocycles. The number of hydrogen-bond donors (Lipinski definition) is 1. The fourth-order valence-corrected chi connectivity index (χ4v) is 2.59. The van der Waals surface area contributed by atoms with Gasteiger partial charge in [-0.15, -0.1) is 0 Å². The van der Waals surface area contributed by atoms with Crippen LogP contribution in [0, 0.1) is 0 Å². The SMILES string of the molecule is CCCNCc1ccccc1N1CCOC(C)(C)C1. The first kappa shape index (κ1) is 14.4. The number of anilines is 1. The summed E-state index contributed by atoms with van der Waals surface area (Å²) in [5.41, 5.74) is 2.68. The van der Waals surface area contributed by atoms with Gasteiger partial charge in [-0.05, 0) is 38.4 Å². The predicted molar refractivity (Wildman–Crippen MR) is 80.7 cm³/mol. The average molecular weight is 262 g/mol. The van der Waals surface area contributed by atoms with Crippen molar-refractivity contribution in [3.05, 3.63) is 29.8 Å². The summed E-state index contributed by atoms with van der Waals surface area (Å²) >= 11 is 0. The average Bonchev–Trinajstić information content (AvgIpc) is 2.38. The van der Waals surface area contributed by atoms with Gasteiger partial charge in [0.1, 0.15) is 0 Å². The van der Waals surface area contributed by atoms with E-state index in [1.807, 2.05) is 0 Å². The van der Waals surface area contributed by atoms with Crippen LogP contribution >= 0.6 is 0 Å². The predicted octanol–water partition coefficient (Wildman–Crippen LogP) is 2.80. The first-order valence-corrected chi connectivity index (χ1v) is 7.30. The molecule has 2 rings (SSSR count). The van der Waals surface area contributed by atoms with Crippen LogP contribution in [0.2, 0.25) is 0 Å². The molecule has 0 radical (unpaired) electrons. The van der Waals surface area contributed by atoms with E-state index in [0.29, 0.717) is 0 Å². The topological polar surface area (TPSA) is 24.5 Å². The van der Waals surface area contributed by atoms with E-state index in [-0.39, 0.29) is 5.60 Å². The normalized spacial score (nSPS) is 18.6. The minimum Gasteiger partial charge on any atom is -0.372 e. The Balaban J connectivity index is 2.10. The van der Waals surface area contributed by atoms with Crippen molar-refractivity contribution in [1.82, 2.24) is 5.32 Å². The van der Waals surface area contributed by atoms with Gasteiger partial charge in [-0.25, -0.2) is 0 Å². The van der Waals surface area contributed by atoms with Gasteiger partial charge < -0.3 is 15.0 Å². The van der Waals surface area contributed by atoms with E-state index >= 15 is 0 Å². The second-order valence-electron chi connectivity index (χ2n) is 5.84. The Kier molecular flexibility index (Phi) is 4.83. The molecule has 0 aromatic heterocycles. The third-order valence-electron chi connectivity index (χ3n) is 3.50. The minimum absolute atomic E-state index is 0.0534. The molecule has 106 valence electrons. The monoisotopic (exact) mass is 262 g/mol. The number of rotatable bonds is 5. The number of nitrogens with one attached hydrogen (secondary N) is 1. The number of morpholine rings is 1. The zero-order valence-corrected chi connectivity index (χ0v) is 12.4. The van der Waals surface area contributed by atoms with Crippen LogP contribution < -0.4 is 10.2 Å². The quantitative estimate of drug-likeness (QED) is 0.826. The highest BCUT2D eigenvalue weighted by molar-refractivity contribution is 5.54. The van der Waals surface area contributed by atoms with Gasteiger partial charge in [0, 0.05) is 25.3 Å². The molecule has 1 aliphatic rings. The molecule has 1 saturated heterocycles. The third-order valence-corrected chi connectivity index (χ3v) is 3.50. The Hall–Kier alpha value is -1.06. The summed E-state index contributed by atoms with van der Waals surface area (Å²) in [7, 11) is 0. The number of para-hydroxylation sites is 1. The third kappa shape index (κ3) is 3.95. The zero-order chi connectivity index (χ0) is 13.7. The van der Waals surface area contributed by atoms with Gasteiger partial charge in [-0.1, -0.05) is 25.1 Å².